The number of imidazole rings is 1. The number of nitrogens with zero attached hydrogens (tertiary/aromatic N) is 4. The van der Waals surface area contributed by atoms with E-state index in [2.05, 4.69) is 33.9 Å². The summed E-state index contributed by atoms with van der Waals surface area (Å²) in [5.74, 6) is -2.42. The van der Waals surface area contributed by atoms with E-state index in [1.165, 1.54) is 13.3 Å². The summed E-state index contributed by atoms with van der Waals surface area (Å²) in [6.07, 6.45) is 4.54. The van der Waals surface area contributed by atoms with Crippen LogP contribution < -0.4 is 10.8 Å². The highest BCUT2D eigenvalue weighted by Gasteiger charge is 2.31. The number of nitrogen functional groups attached to an aromatic ring is 1. The van der Waals surface area contributed by atoms with Crippen LogP contribution in [0, 0.1) is 5.92 Å². The van der Waals surface area contributed by atoms with E-state index >= 15 is 0 Å². The molecule has 19 heteroatoms. The van der Waals surface area contributed by atoms with Crippen molar-refractivity contribution in [2.75, 3.05) is 25.5 Å². The summed E-state index contributed by atoms with van der Waals surface area (Å²) in [5, 5.41) is 18.3. The van der Waals surface area contributed by atoms with Gasteiger partial charge in [-0.1, -0.05) is 26.7 Å². The third-order valence-electron chi connectivity index (χ3n) is 5.93. The number of rotatable bonds is 19. The number of carboxylic acids is 2. The number of hydrogen-bond donors (Lipinski definition) is 4. The van der Waals surface area contributed by atoms with Gasteiger partial charge in [0.15, 0.2) is 11.5 Å². The molecule has 2 aromatic heterocycles. The van der Waals surface area contributed by atoms with Gasteiger partial charge in [0.25, 0.3) is 7.52 Å². The summed E-state index contributed by atoms with van der Waals surface area (Å²) in [6.45, 7) is 10.7. The molecule has 0 aliphatic carbocycles. The van der Waals surface area contributed by atoms with Crippen LogP contribution in [0.5, 0.6) is 0 Å². The van der Waals surface area contributed by atoms with E-state index in [0.717, 1.165) is 19.3 Å². The lowest BCUT2D eigenvalue weighted by atomic mass is 10.0. The number of ether oxygens (including phenoxy) is 4. The van der Waals surface area contributed by atoms with Crippen molar-refractivity contribution in [3.63, 3.8) is 0 Å². The first-order chi connectivity index (χ1) is 22.1. The molecule has 4 atom stereocenters. The van der Waals surface area contributed by atoms with E-state index in [4.69, 9.17) is 39.4 Å². The molecule has 264 valence electrons. The van der Waals surface area contributed by atoms with E-state index in [1.54, 1.807) is 31.7 Å². The summed E-state index contributed by atoms with van der Waals surface area (Å²) in [5.41, 5.74) is 6.82. The Labute approximate surface area is 272 Å². The number of anilines is 1. The summed E-state index contributed by atoms with van der Waals surface area (Å²) < 4.78 is 41.6. The molecule has 47 heavy (non-hydrogen) atoms. The Balaban J connectivity index is 0.00000122. The van der Waals surface area contributed by atoms with Crippen LogP contribution in [0.15, 0.2) is 24.8 Å². The second kappa shape index (κ2) is 20.9. The SMILES string of the molecule is CCCC(C)CCOC(=O)[C@H](C)NP(=O)(CO[C@H](C)Cn1cnc2c(N)ncnc21)OCOC(=O)OC(C)C.O=C(O)/C=C/C(=O)O. The summed E-state index contributed by atoms with van der Waals surface area (Å²) >= 11 is 0. The van der Waals surface area contributed by atoms with Crippen LogP contribution in [-0.2, 0) is 49.0 Å². The predicted octanol–water partition coefficient (Wildman–Crippen LogP) is 3.56. The minimum Gasteiger partial charge on any atom is -0.478 e. The maximum absolute atomic E-state index is 13.6. The quantitative estimate of drug-likeness (QED) is 0.0712. The number of carboxylic acid groups (broad SMARTS) is 2. The van der Waals surface area contributed by atoms with Crippen molar-refractivity contribution in [1.29, 1.82) is 0 Å². The first-order valence-electron chi connectivity index (χ1n) is 14.7. The molecule has 0 saturated heterocycles. The van der Waals surface area contributed by atoms with Crippen LogP contribution in [-0.4, -0.2) is 91.8 Å². The van der Waals surface area contributed by atoms with Crippen molar-refractivity contribution in [2.24, 2.45) is 5.92 Å². The third-order valence-corrected chi connectivity index (χ3v) is 7.72. The summed E-state index contributed by atoms with van der Waals surface area (Å²) in [6, 6.07) is -0.976. The molecule has 0 saturated carbocycles. The van der Waals surface area contributed by atoms with Gasteiger partial charge in [0, 0.05) is 12.2 Å². The van der Waals surface area contributed by atoms with Crippen LogP contribution in [0.2, 0.25) is 0 Å². The Morgan fingerprint density at radius 3 is 2.28 bits per heavy atom. The number of fused-ring (bicyclic) bond motifs is 1. The Bertz CT molecular complexity index is 1370. The Kier molecular flexibility index (Phi) is 18.2. The van der Waals surface area contributed by atoms with Crippen molar-refractivity contribution in [3.8, 4) is 0 Å². The highest BCUT2D eigenvalue weighted by atomic mass is 31.2. The molecule has 0 bridgehead atoms. The van der Waals surface area contributed by atoms with Gasteiger partial charge < -0.3 is 39.5 Å². The van der Waals surface area contributed by atoms with E-state index < -0.39 is 63.0 Å². The summed E-state index contributed by atoms with van der Waals surface area (Å²) in [7, 11) is -3.86. The highest BCUT2D eigenvalue weighted by molar-refractivity contribution is 7.56. The molecule has 2 heterocycles. The van der Waals surface area contributed by atoms with Crippen LogP contribution in [0.4, 0.5) is 10.6 Å². The lowest BCUT2D eigenvalue weighted by Gasteiger charge is -2.24. The van der Waals surface area contributed by atoms with Crippen molar-refractivity contribution >= 4 is 48.6 Å². The van der Waals surface area contributed by atoms with E-state index in [1.807, 2.05) is 0 Å². The van der Waals surface area contributed by atoms with Gasteiger partial charge >= 0.3 is 24.1 Å². The molecule has 0 aromatic carbocycles. The Morgan fingerprint density at radius 2 is 1.68 bits per heavy atom. The average molecular weight is 689 g/mol. The maximum atomic E-state index is 13.6. The van der Waals surface area contributed by atoms with Crippen molar-refractivity contribution in [1.82, 2.24) is 24.6 Å². The fraction of sp³-hybridized carbons (Fsp3) is 0.607. The number of nitrogens with two attached hydrogens (primary N) is 1. The van der Waals surface area contributed by atoms with Crippen LogP contribution in [0.1, 0.15) is 60.8 Å². The lowest BCUT2D eigenvalue weighted by molar-refractivity contribution is -0.145. The monoisotopic (exact) mass is 688 g/mol. The smallest absolute Gasteiger partial charge is 0.478 e. The zero-order chi connectivity index (χ0) is 35.6. The first kappa shape index (κ1) is 40.9. The molecule has 0 spiro atoms. The number of esters is 1. The van der Waals surface area contributed by atoms with Crippen LogP contribution in [0.3, 0.4) is 0 Å². The third kappa shape index (κ3) is 16.8. The molecular weight excluding hydrogens is 643 g/mol. The first-order valence-corrected chi connectivity index (χ1v) is 16.6. The summed E-state index contributed by atoms with van der Waals surface area (Å²) in [4.78, 5) is 55.7. The molecule has 0 fully saturated rings. The predicted molar refractivity (Wildman–Crippen MR) is 168 cm³/mol. The van der Waals surface area contributed by atoms with Crippen molar-refractivity contribution < 1.29 is 57.4 Å². The van der Waals surface area contributed by atoms with Gasteiger partial charge in [0.05, 0.1) is 31.7 Å². The Morgan fingerprint density at radius 1 is 1.02 bits per heavy atom. The molecule has 0 radical (unpaired) electrons. The molecule has 2 aromatic rings. The molecule has 5 N–H and O–H groups in total. The molecule has 2 unspecified atom stereocenters. The number of aliphatic carboxylic acids is 2. The standard InChI is InChI=1S/C24H41N6O8P.C4H4O4/c1-7-8-17(4)9-10-34-23(31)19(6)29-39(33,37-14-35-24(32)38-16(2)3)15-36-18(5)11-30-13-28-20-21(25)26-12-27-22(20)30;5-3(6)1-2-4(7)8/h12-13,16-19H,7-11,14-15H2,1-6H3,(H,29,33)(H2,25,26,27);1-2H,(H,5,6)(H,7,8)/b;2-1+/t17?,18-,19+,39?;/m1./s1. The largest absolute Gasteiger partial charge is 0.510 e. The van der Waals surface area contributed by atoms with Crippen molar-refractivity contribution in [3.05, 3.63) is 24.8 Å². The topological polar surface area (TPSA) is 254 Å². The highest BCUT2D eigenvalue weighted by Crippen LogP contribution is 2.43. The molecular formula is C28H45N6O12P. The number of carbonyl (C=O) groups excluding carboxylic acids is 2. The van der Waals surface area contributed by atoms with Gasteiger partial charge in [-0.25, -0.2) is 34.4 Å². The maximum Gasteiger partial charge on any atom is 0.510 e. The number of carbonyl (C=O) groups is 4. The molecule has 0 amide bonds. The van der Waals surface area contributed by atoms with Gasteiger partial charge in [-0.2, -0.15) is 0 Å². The van der Waals surface area contributed by atoms with E-state index in [9.17, 15) is 23.7 Å². The Hall–Kier alpha value is -4.12. The molecule has 0 aliphatic rings. The van der Waals surface area contributed by atoms with Gasteiger partial charge in [-0.15, -0.1) is 0 Å². The zero-order valence-corrected chi connectivity index (χ0v) is 28.3. The lowest BCUT2D eigenvalue weighted by Crippen LogP contribution is -2.36. The van der Waals surface area contributed by atoms with Gasteiger partial charge in [-0.05, 0) is 40.0 Å². The minimum atomic E-state index is -3.86. The number of nitrogens with one attached hydrogen (secondary N) is 1. The normalized spacial score (nSPS) is 14.4. The number of hydrogen-bond acceptors (Lipinski definition) is 14. The zero-order valence-electron chi connectivity index (χ0n) is 27.4. The van der Waals surface area contributed by atoms with Gasteiger partial charge in [-0.3, -0.25) is 13.9 Å². The van der Waals surface area contributed by atoms with Gasteiger partial charge in [0.1, 0.15) is 24.2 Å². The van der Waals surface area contributed by atoms with E-state index in [-0.39, 0.29) is 12.4 Å². The second-order valence-corrected chi connectivity index (χ2v) is 12.7. The molecule has 0 aliphatic heterocycles. The van der Waals surface area contributed by atoms with Crippen LogP contribution >= 0.6 is 7.52 Å². The molecule has 18 nitrogen and oxygen atoms in total. The minimum absolute atomic E-state index is 0.252. The second-order valence-electron chi connectivity index (χ2n) is 10.6. The molecule has 2 rings (SSSR count). The fourth-order valence-electron chi connectivity index (χ4n) is 3.70. The van der Waals surface area contributed by atoms with E-state index in [0.29, 0.717) is 35.8 Å². The van der Waals surface area contributed by atoms with Gasteiger partial charge in [0.2, 0.25) is 6.79 Å². The van der Waals surface area contributed by atoms with Crippen molar-refractivity contribution in [2.45, 2.75) is 85.6 Å². The fourth-order valence-corrected chi connectivity index (χ4v) is 5.29. The number of aromatic nitrogens is 4. The average Bonchev–Trinajstić information content (AvgIpc) is 3.39. The van der Waals surface area contributed by atoms with Crippen LogP contribution in [0.25, 0.3) is 11.2 Å².